The Hall–Kier alpha value is -2.90. The zero-order valence-corrected chi connectivity index (χ0v) is 24.9. The number of benzene rings is 1. The van der Waals surface area contributed by atoms with Crippen LogP contribution in [0.25, 0.3) is 10.4 Å². The van der Waals surface area contributed by atoms with Gasteiger partial charge in [0, 0.05) is 54.0 Å². The molecule has 2 amide bonds. The Balaban J connectivity index is 1.53. The second kappa shape index (κ2) is 10.9. The molecule has 4 rings (SSSR count). The normalized spacial score (nSPS) is 20.6. The summed E-state index contributed by atoms with van der Waals surface area (Å²) in [5.74, 6) is 0.667. The Morgan fingerprint density at radius 3 is 2.26 bits per heavy atom. The summed E-state index contributed by atoms with van der Waals surface area (Å²) in [6.07, 6.45) is 0.135. The van der Waals surface area contributed by atoms with E-state index in [2.05, 4.69) is 25.2 Å². The van der Waals surface area contributed by atoms with E-state index in [0.717, 1.165) is 18.2 Å². The van der Waals surface area contributed by atoms with Crippen LogP contribution >= 0.6 is 11.3 Å². The molecule has 3 atom stereocenters. The van der Waals surface area contributed by atoms with Gasteiger partial charge in [-0.15, -0.1) is 0 Å². The minimum Gasteiger partial charge on any atom is -0.447 e. The highest BCUT2D eigenvalue weighted by molar-refractivity contribution is 7.89. The molecule has 2 heterocycles. The van der Waals surface area contributed by atoms with Gasteiger partial charge in [-0.05, 0) is 60.6 Å². The number of aromatic nitrogens is 1. The lowest BCUT2D eigenvalue weighted by atomic mass is 10.1. The second-order valence-corrected chi connectivity index (χ2v) is 14.2. The molecule has 0 bridgehead atoms. The maximum Gasteiger partial charge on any atom is 0.411 e. The fourth-order valence-electron chi connectivity index (χ4n) is 4.66. The highest BCUT2D eigenvalue weighted by Crippen LogP contribution is 2.48. The van der Waals surface area contributed by atoms with Gasteiger partial charge in [0.2, 0.25) is 10.0 Å². The lowest BCUT2D eigenvalue weighted by Gasteiger charge is -2.22. The van der Waals surface area contributed by atoms with Crippen molar-refractivity contribution in [3.8, 4) is 10.4 Å². The van der Waals surface area contributed by atoms with Crippen LogP contribution in [0.5, 0.6) is 0 Å². The van der Waals surface area contributed by atoms with Crippen LogP contribution in [0.15, 0.2) is 29.3 Å². The zero-order chi connectivity index (χ0) is 28.7. The molecule has 2 aliphatic rings. The molecular formula is C26H37N5O6S2. The summed E-state index contributed by atoms with van der Waals surface area (Å²) in [5.41, 5.74) is 0.0775. The number of piperidine rings is 1. The molecule has 0 spiro atoms. The predicted molar refractivity (Wildman–Crippen MR) is 151 cm³/mol. The average molecular weight is 580 g/mol. The highest BCUT2D eigenvalue weighted by Gasteiger charge is 2.57. The van der Waals surface area contributed by atoms with Crippen LogP contribution in [0.4, 0.5) is 20.4 Å². The van der Waals surface area contributed by atoms with Gasteiger partial charge < -0.3 is 19.7 Å². The largest absolute Gasteiger partial charge is 0.447 e. The summed E-state index contributed by atoms with van der Waals surface area (Å²) in [5, 5.41) is 6.33. The first-order valence-electron chi connectivity index (χ1n) is 13.0. The van der Waals surface area contributed by atoms with E-state index in [0.29, 0.717) is 28.0 Å². The van der Waals surface area contributed by atoms with Crippen molar-refractivity contribution in [1.29, 1.82) is 0 Å². The van der Waals surface area contributed by atoms with Gasteiger partial charge in [-0.1, -0.05) is 17.4 Å². The van der Waals surface area contributed by atoms with Crippen molar-refractivity contribution in [3.05, 3.63) is 24.4 Å². The van der Waals surface area contributed by atoms with Gasteiger partial charge in [0.15, 0.2) is 5.13 Å². The average Bonchev–Trinajstić information content (AvgIpc) is 3.17. The van der Waals surface area contributed by atoms with E-state index >= 15 is 0 Å². The number of amides is 2. The predicted octanol–water partition coefficient (Wildman–Crippen LogP) is 4.41. The maximum atomic E-state index is 13.4. The Morgan fingerprint density at radius 2 is 1.67 bits per heavy atom. The molecule has 1 aromatic carbocycles. The molecule has 1 aromatic heterocycles. The molecule has 3 N–H and O–H groups in total. The summed E-state index contributed by atoms with van der Waals surface area (Å²) in [6, 6.07) is 4.85. The Kier molecular flexibility index (Phi) is 8.16. The molecule has 1 aliphatic heterocycles. The number of carbonyl (C=O) groups excluding carboxylic acids is 2. The topological polar surface area (TPSA) is 139 Å². The van der Waals surface area contributed by atoms with Crippen molar-refractivity contribution in [2.75, 3.05) is 23.3 Å². The van der Waals surface area contributed by atoms with Crippen LogP contribution in [0.3, 0.4) is 0 Å². The minimum atomic E-state index is -3.95. The van der Waals surface area contributed by atoms with Crippen molar-refractivity contribution >= 4 is 44.4 Å². The first-order valence-corrected chi connectivity index (χ1v) is 15.3. The van der Waals surface area contributed by atoms with E-state index in [-0.39, 0.29) is 29.2 Å². The number of hydrogen-bond donors (Lipinski definition) is 3. The van der Waals surface area contributed by atoms with Crippen molar-refractivity contribution in [2.45, 2.75) is 77.2 Å². The summed E-state index contributed by atoms with van der Waals surface area (Å²) < 4.78 is 39.9. The van der Waals surface area contributed by atoms with Crippen molar-refractivity contribution in [1.82, 2.24) is 15.0 Å². The van der Waals surface area contributed by atoms with Crippen LogP contribution in [-0.2, 0) is 19.5 Å². The van der Waals surface area contributed by atoms with Crippen LogP contribution in [0.1, 0.15) is 48.5 Å². The van der Waals surface area contributed by atoms with Crippen LogP contribution in [0.2, 0.25) is 0 Å². The molecule has 2 fully saturated rings. The molecule has 2 aromatic rings. The number of hydrogen-bond acceptors (Lipinski definition) is 9. The summed E-state index contributed by atoms with van der Waals surface area (Å²) in [6.45, 7) is 13.9. The molecule has 0 radical (unpaired) electrons. The SMILES string of the molecule is CC(C)OC(=O)Nc1ccc(-c2cnc(N3CC4[C@@H](C3)[C@H]4NC(=O)OC(C)C)s2)c(S(=O)(=O)NC(C)(C)C)c1. The van der Waals surface area contributed by atoms with E-state index in [9.17, 15) is 18.0 Å². The summed E-state index contributed by atoms with van der Waals surface area (Å²) >= 11 is 1.40. The number of thiazole rings is 1. The molecular weight excluding hydrogens is 542 g/mol. The number of anilines is 2. The third-order valence-corrected chi connectivity index (χ3v) is 9.04. The van der Waals surface area contributed by atoms with Gasteiger partial charge in [0.1, 0.15) is 0 Å². The number of nitrogens with zero attached hydrogens (tertiary/aromatic N) is 2. The molecule has 11 nitrogen and oxygen atoms in total. The number of alkyl carbamates (subject to hydrolysis) is 1. The molecule has 1 aliphatic carbocycles. The molecule has 39 heavy (non-hydrogen) atoms. The monoisotopic (exact) mass is 579 g/mol. The molecule has 1 saturated heterocycles. The zero-order valence-electron chi connectivity index (χ0n) is 23.3. The standard InChI is InChI=1S/C26H37N5O6S2/c1-14(2)36-24(32)28-16-8-9-17(21(10-16)39(34,35)30-26(5,6)7)20-11-27-23(38-20)31-12-18-19(13-31)22(18)29-25(33)37-15(3)4/h8-11,14-15,18-19,22,30H,12-13H2,1-7H3,(H,28,32)(H,29,33)/t18-,19?,22-/m1/s1. The summed E-state index contributed by atoms with van der Waals surface area (Å²) in [7, 11) is -3.95. The number of nitrogens with one attached hydrogen (secondary N) is 3. The Morgan fingerprint density at radius 1 is 1.05 bits per heavy atom. The highest BCUT2D eigenvalue weighted by atomic mass is 32.2. The Bertz CT molecular complexity index is 1320. The van der Waals surface area contributed by atoms with Crippen molar-refractivity contribution in [3.63, 3.8) is 0 Å². The number of sulfonamides is 1. The Labute approximate surface area is 233 Å². The first kappa shape index (κ1) is 29.1. The van der Waals surface area contributed by atoms with Gasteiger partial charge >= 0.3 is 12.2 Å². The summed E-state index contributed by atoms with van der Waals surface area (Å²) in [4.78, 5) is 31.5. The second-order valence-electron chi connectivity index (χ2n) is 11.5. The lowest BCUT2D eigenvalue weighted by molar-refractivity contribution is 0.114. The first-order chi connectivity index (χ1) is 18.1. The van der Waals surface area contributed by atoms with Crippen LogP contribution in [-0.4, -0.2) is 62.5 Å². The van der Waals surface area contributed by atoms with Gasteiger partial charge in [-0.2, -0.15) is 0 Å². The molecule has 13 heteroatoms. The van der Waals surface area contributed by atoms with Crippen molar-refractivity contribution < 1.29 is 27.5 Å². The fourth-order valence-corrected chi connectivity index (χ4v) is 7.37. The van der Waals surface area contributed by atoms with E-state index in [1.807, 2.05) is 13.8 Å². The maximum absolute atomic E-state index is 13.4. The van der Waals surface area contributed by atoms with E-state index in [4.69, 9.17) is 9.47 Å². The minimum absolute atomic E-state index is 0.0344. The number of rotatable bonds is 8. The van der Waals surface area contributed by atoms with Crippen LogP contribution < -0.4 is 20.3 Å². The van der Waals surface area contributed by atoms with Gasteiger partial charge in [-0.3, -0.25) is 5.32 Å². The number of fused-ring (bicyclic) bond motifs is 1. The van der Waals surface area contributed by atoms with Crippen molar-refractivity contribution in [2.24, 2.45) is 11.8 Å². The van der Waals surface area contributed by atoms with E-state index in [1.54, 1.807) is 52.9 Å². The quantitative estimate of drug-likeness (QED) is 0.418. The van der Waals surface area contributed by atoms with Gasteiger partial charge in [0.05, 0.1) is 22.0 Å². The van der Waals surface area contributed by atoms with E-state index < -0.39 is 21.7 Å². The third-order valence-electron chi connectivity index (χ3n) is 6.15. The van der Waals surface area contributed by atoms with Gasteiger partial charge in [-0.25, -0.2) is 27.7 Å². The molecule has 1 unspecified atom stereocenters. The van der Waals surface area contributed by atoms with Gasteiger partial charge in [0.25, 0.3) is 0 Å². The number of ether oxygens (including phenoxy) is 2. The molecule has 1 saturated carbocycles. The third kappa shape index (κ3) is 7.20. The smallest absolute Gasteiger partial charge is 0.411 e. The lowest BCUT2D eigenvalue weighted by Crippen LogP contribution is -2.40. The van der Waals surface area contributed by atoms with E-state index in [1.165, 1.54) is 17.4 Å². The fraction of sp³-hybridized carbons (Fsp3) is 0.577. The number of carbonyl (C=O) groups is 2. The van der Waals surface area contributed by atoms with Crippen LogP contribution in [0, 0.1) is 11.8 Å². The molecule has 214 valence electrons.